The minimum Gasteiger partial charge on any atom is -0.380 e. The molecule has 0 saturated heterocycles. The highest BCUT2D eigenvalue weighted by Crippen LogP contribution is 2.20. The van der Waals surface area contributed by atoms with Crippen molar-refractivity contribution in [2.75, 3.05) is 12.4 Å². The molecule has 2 aromatic carbocycles. The molecule has 0 saturated carbocycles. The van der Waals surface area contributed by atoms with Crippen molar-refractivity contribution in [2.45, 2.75) is 13.2 Å². The predicted molar refractivity (Wildman–Crippen MR) is 83.6 cm³/mol. The van der Waals surface area contributed by atoms with E-state index in [0.29, 0.717) is 13.2 Å². The second kappa shape index (κ2) is 6.86. The molecule has 0 aliphatic carbocycles. The molecule has 0 fully saturated rings. The first-order valence-corrected chi connectivity index (χ1v) is 7.02. The molecule has 19 heavy (non-hydrogen) atoms. The predicted octanol–water partition coefficient (Wildman–Crippen LogP) is 4.19. The Labute approximate surface area is 126 Å². The summed E-state index contributed by atoms with van der Waals surface area (Å²) < 4.78 is 19.0. The van der Waals surface area contributed by atoms with Crippen molar-refractivity contribution in [1.29, 1.82) is 0 Å². The van der Waals surface area contributed by atoms with Crippen LogP contribution in [0.1, 0.15) is 11.1 Å². The molecule has 0 radical (unpaired) electrons. The molecule has 0 atom stereocenters. The largest absolute Gasteiger partial charge is 0.380 e. The van der Waals surface area contributed by atoms with Gasteiger partial charge in [-0.15, -0.1) is 0 Å². The van der Waals surface area contributed by atoms with Gasteiger partial charge in [0.1, 0.15) is 5.82 Å². The molecule has 2 rings (SSSR count). The third-order valence-electron chi connectivity index (χ3n) is 2.72. The van der Waals surface area contributed by atoms with E-state index in [0.717, 1.165) is 14.8 Å². The Morgan fingerprint density at radius 1 is 1.16 bits per heavy atom. The lowest BCUT2D eigenvalue weighted by Gasteiger charge is -2.10. The highest BCUT2D eigenvalue weighted by atomic mass is 127. The molecule has 0 heterocycles. The lowest BCUT2D eigenvalue weighted by molar-refractivity contribution is 0.185. The number of anilines is 1. The van der Waals surface area contributed by atoms with Crippen LogP contribution in [0, 0.1) is 9.39 Å². The summed E-state index contributed by atoms with van der Waals surface area (Å²) in [5.41, 5.74) is 3.27. The lowest BCUT2D eigenvalue weighted by atomic mass is 10.1. The van der Waals surface area contributed by atoms with Gasteiger partial charge >= 0.3 is 0 Å². The second-order valence-corrected chi connectivity index (χ2v) is 5.39. The molecule has 2 aromatic rings. The van der Waals surface area contributed by atoms with Gasteiger partial charge in [-0.2, -0.15) is 0 Å². The highest BCUT2D eigenvalue weighted by molar-refractivity contribution is 14.1. The Morgan fingerprint density at radius 3 is 2.68 bits per heavy atom. The zero-order valence-electron chi connectivity index (χ0n) is 10.6. The number of nitrogens with one attached hydrogen (secondary N) is 1. The molecule has 1 N–H and O–H groups in total. The van der Waals surface area contributed by atoms with Gasteiger partial charge in [-0.25, -0.2) is 4.39 Å². The van der Waals surface area contributed by atoms with E-state index in [1.165, 1.54) is 17.7 Å². The number of methoxy groups -OCH3 is 1. The highest BCUT2D eigenvalue weighted by Gasteiger charge is 2.01. The quantitative estimate of drug-likeness (QED) is 0.796. The van der Waals surface area contributed by atoms with Crippen LogP contribution in [0.2, 0.25) is 0 Å². The van der Waals surface area contributed by atoms with Crippen LogP contribution in [-0.4, -0.2) is 7.11 Å². The van der Waals surface area contributed by atoms with Gasteiger partial charge < -0.3 is 10.1 Å². The van der Waals surface area contributed by atoms with Gasteiger partial charge in [-0.05, 0) is 51.9 Å². The van der Waals surface area contributed by atoms with E-state index in [-0.39, 0.29) is 5.82 Å². The third-order valence-corrected chi connectivity index (χ3v) is 3.61. The monoisotopic (exact) mass is 371 g/mol. The Balaban J connectivity index is 2.03. The molecule has 0 bridgehead atoms. The Hall–Kier alpha value is -1.14. The molecular weight excluding hydrogens is 356 g/mol. The summed E-state index contributed by atoms with van der Waals surface area (Å²) in [4.78, 5) is 0. The van der Waals surface area contributed by atoms with Crippen molar-refractivity contribution < 1.29 is 9.13 Å². The minimum absolute atomic E-state index is 0.211. The van der Waals surface area contributed by atoms with Gasteiger partial charge in [0.05, 0.1) is 6.61 Å². The fourth-order valence-corrected chi connectivity index (χ4v) is 2.49. The molecule has 0 aliphatic heterocycles. The van der Waals surface area contributed by atoms with Crippen molar-refractivity contribution in [1.82, 2.24) is 0 Å². The summed E-state index contributed by atoms with van der Waals surface area (Å²) in [5, 5.41) is 3.31. The SMILES string of the molecule is COCc1cccc(CNc2ccc(F)cc2I)c1. The normalized spacial score (nSPS) is 10.5. The average Bonchev–Trinajstić information content (AvgIpc) is 2.38. The first kappa shape index (κ1) is 14.3. The lowest BCUT2D eigenvalue weighted by Crippen LogP contribution is -2.02. The maximum absolute atomic E-state index is 13.0. The number of ether oxygens (including phenoxy) is 1. The Bertz CT molecular complexity index is 560. The van der Waals surface area contributed by atoms with E-state index >= 15 is 0 Å². The molecule has 100 valence electrons. The molecule has 4 heteroatoms. The standard InChI is InChI=1S/C15H15FINO/c1-19-10-12-4-2-3-11(7-12)9-18-15-6-5-13(16)8-14(15)17/h2-8,18H,9-10H2,1H3. The maximum Gasteiger partial charge on any atom is 0.124 e. The average molecular weight is 371 g/mol. The maximum atomic E-state index is 13.0. The van der Waals surface area contributed by atoms with Crippen LogP contribution in [0.3, 0.4) is 0 Å². The van der Waals surface area contributed by atoms with Crippen LogP contribution in [0.4, 0.5) is 10.1 Å². The molecule has 0 spiro atoms. The third kappa shape index (κ3) is 4.18. The first-order valence-electron chi connectivity index (χ1n) is 5.94. The van der Waals surface area contributed by atoms with E-state index in [4.69, 9.17) is 4.74 Å². The smallest absolute Gasteiger partial charge is 0.124 e. The fraction of sp³-hybridized carbons (Fsp3) is 0.200. The topological polar surface area (TPSA) is 21.3 Å². The second-order valence-electron chi connectivity index (χ2n) is 4.23. The molecule has 0 aliphatic rings. The molecule has 2 nitrogen and oxygen atoms in total. The van der Waals surface area contributed by atoms with E-state index in [2.05, 4.69) is 40.0 Å². The van der Waals surface area contributed by atoms with Gasteiger partial charge in [0.2, 0.25) is 0 Å². The Kier molecular flexibility index (Phi) is 5.15. The van der Waals surface area contributed by atoms with E-state index in [1.807, 2.05) is 12.1 Å². The zero-order chi connectivity index (χ0) is 13.7. The molecule has 0 aromatic heterocycles. The number of halogens is 2. The van der Waals surface area contributed by atoms with Crippen molar-refractivity contribution in [2.24, 2.45) is 0 Å². The molecule has 0 amide bonds. The van der Waals surface area contributed by atoms with Gasteiger partial charge in [-0.3, -0.25) is 0 Å². The van der Waals surface area contributed by atoms with Crippen LogP contribution in [0.15, 0.2) is 42.5 Å². The number of hydrogen-bond donors (Lipinski definition) is 1. The van der Waals surface area contributed by atoms with Gasteiger partial charge in [0, 0.05) is 22.9 Å². The summed E-state index contributed by atoms with van der Waals surface area (Å²) in [6.07, 6.45) is 0. The first-order chi connectivity index (χ1) is 9.19. The summed E-state index contributed by atoms with van der Waals surface area (Å²) in [6.45, 7) is 1.32. The van der Waals surface area contributed by atoms with Gasteiger partial charge in [0.25, 0.3) is 0 Å². The number of hydrogen-bond acceptors (Lipinski definition) is 2. The summed E-state index contributed by atoms with van der Waals surface area (Å²) >= 11 is 2.13. The van der Waals surface area contributed by atoms with Crippen molar-refractivity contribution in [3.8, 4) is 0 Å². The zero-order valence-corrected chi connectivity index (χ0v) is 12.8. The minimum atomic E-state index is -0.211. The van der Waals surface area contributed by atoms with Crippen molar-refractivity contribution in [3.63, 3.8) is 0 Å². The van der Waals surface area contributed by atoms with E-state index < -0.39 is 0 Å². The van der Waals surface area contributed by atoms with Crippen LogP contribution in [-0.2, 0) is 17.9 Å². The number of rotatable bonds is 5. The van der Waals surface area contributed by atoms with Crippen LogP contribution in [0.5, 0.6) is 0 Å². The van der Waals surface area contributed by atoms with E-state index in [1.54, 1.807) is 13.2 Å². The summed E-state index contributed by atoms with van der Waals surface area (Å²) in [7, 11) is 1.69. The van der Waals surface area contributed by atoms with Gasteiger partial charge in [-0.1, -0.05) is 24.3 Å². The summed E-state index contributed by atoms with van der Waals surface area (Å²) in [6, 6.07) is 13.0. The molecular formula is C15H15FINO. The number of benzene rings is 2. The summed E-state index contributed by atoms with van der Waals surface area (Å²) in [5.74, 6) is -0.211. The van der Waals surface area contributed by atoms with E-state index in [9.17, 15) is 4.39 Å². The van der Waals surface area contributed by atoms with Crippen LogP contribution < -0.4 is 5.32 Å². The van der Waals surface area contributed by atoms with Crippen LogP contribution in [0.25, 0.3) is 0 Å². The fourth-order valence-electron chi connectivity index (χ4n) is 1.83. The molecule has 0 unspecified atom stereocenters. The van der Waals surface area contributed by atoms with Crippen LogP contribution >= 0.6 is 22.6 Å². The van der Waals surface area contributed by atoms with Crippen molar-refractivity contribution in [3.05, 3.63) is 63.0 Å². The Morgan fingerprint density at radius 2 is 1.95 bits per heavy atom. The van der Waals surface area contributed by atoms with Crippen molar-refractivity contribution >= 4 is 28.3 Å². The van der Waals surface area contributed by atoms with Gasteiger partial charge in [0.15, 0.2) is 0 Å².